The fraction of sp³-hybridized carbons (Fsp3) is 0.103. The average molecular weight is 1060 g/mol. The molecule has 0 aromatic heterocycles. The Kier molecular flexibility index (Phi) is 12.1. The third-order valence-corrected chi connectivity index (χ3v) is 17.5. The first-order valence-corrected chi connectivity index (χ1v) is 28.4. The largest absolute Gasteiger partial charge is 0.310 e. The lowest BCUT2D eigenvalue weighted by Gasteiger charge is -2.30. The second-order valence-electron chi connectivity index (χ2n) is 23.3. The van der Waals surface area contributed by atoms with Gasteiger partial charge in [0.1, 0.15) is 11.6 Å². The molecule has 0 spiro atoms. The van der Waals surface area contributed by atoms with E-state index >= 15 is 8.78 Å². The topological polar surface area (TPSA) is 6.48 Å². The predicted molar refractivity (Wildman–Crippen MR) is 340 cm³/mol. The summed E-state index contributed by atoms with van der Waals surface area (Å²) >= 11 is 0. The minimum Gasteiger partial charge on any atom is -0.310 e. The molecule has 0 radical (unpaired) electrons. The molecule has 0 unspecified atom stereocenters. The molecule has 2 nitrogen and oxygen atoms in total. The summed E-state index contributed by atoms with van der Waals surface area (Å²) in [4.78, 5) is 4.76. The average Bonchev–Trinajstić information content (AvgIpc) is 3.09. The van der Waals surface area contributed by atoms with Crippen molar-refractivity contribution in [2.75, 3.05) is 9.80 Å². The highest BCUT2D eigenvalue weighted by Gasteiger charge is 2.43. The summed E-state index contributed by atoms with van der Waals surface area (Å²) in [5.74, 6) is -0.610. The van der Waals surface area contributed by atoms with Crippen LogP contribution in [-0.4, -0.2) is 0 Å². The van der Waals surface area contributed by atoms with Crippen LogP contribution in [0.15, 0.2) is 255 Å². The minimum atomic E-state index is -0.533. The Labute approximate surface area is 479 Å². The molecule has 0 atom stereocenters. The van der Waals surface area contributed by atoms with Gasteiger partial charge in [-0.1, -0.05) is 197 Å². The first-order chi connectivity index (χ1) is 39.8. The Bertz CT molecular complexity index is 4190. The van der Waals surface area contributed by atoms with Crippen LogP contribution < -0.4 is 9.80 Å². The maximum Gasteiger partial charge on any atom is 0.123 e. The molecule has 0 saturated carbocycles. The van der Waals surface area contributed by atoms with Gasteiger partial charge in [0.05, 0.1) is 11.4 Å². The van der Waals surface area contributed by atoms with Crippen LogP contribution in [0, 0.1) is 25.5 Å². The van der Waals surface area contributed by atoms with Gasteiger partial charge in [0.25, 0.3) is 0 Å². The molecule has 0 amide bonds. The van der Waals surface area contributed by atoms with Crippen molar-refractivity contribution in [3.05, 3.63) is 300 Å². The number of anilines is 6. The summed E-state index contributed by atoms with van der Waals surface area (Å²) in [5.41, 5.74) is 24.7. The SMILES string of the molecule is Cc1ccc(N(c2ccc3c(c2)C(C)(C)c2cc4c(-c5cccc(F)c5)c5c(cc4c(-c4cccc(F)c4)c2-3)C(C)(C)c2cc(N(c3ccc(C)cc3)c3ccccc3-c3ccccc3)ccc2-5)c2ccccc2-c2ccccc2)cc1. The lowest BCUT2D eigenvalue weighted by atomic mass is 9.76. The summed E-state index contributed by atoms with van der Waals surface area (Å²) in [5, 5.41) is 1.99. The second kappa shape index (κ2) is 19.6. The first-order valence-electron chi connectivity index (χ1n) is 28.4. The van der Waals surface area contributed by atoms with Gasteiger partial charge in [-0.05, 0) is 200 Å². The minimum absolute atomic E-state index is 0.305. The zero-order chi connectivity index (χ0) is 56.0. The maximum absolute atomic E-state index is 16.0. The van der Waals surface area contributed by atoms with Crippen LogP contribution in [0.2, 0.25) is 0 Å². The van der Waals surface area contributed by atoms with Gasteiger partial charge in [-0.3, -0.25) is 0 Å². The Morgan fingerprint density at radius 3 is 1.02 bits per heavy atom. The number of nitrogens with zero attached hydrogens (tertiary/aromatic N) is 2. The van der Waals surface area contributed by atoms with Crippen LogP contribution in [0.1, 0.15) is 61.1 Å². The first kappa shape index (κ1) is 50.6. The van der Waals surface area contributed by atoms with E-state index in [1.165, 1.54) is 34.4 Å². The van der Waals surface area contributed by atoms with Gasteiger partial charge < -0.3 is 9.80 Å². The van der Waals surface area contributed by atoms with E-state index in [-0.39, 0.29) is 11.6 Å². The summed E-state index contributed by atoms with van der Waals surface area (Å²) in [7, 11) is 0. The van der Waals surface area contributed by atoms with Gasteiger partial charge in [0.15, 0.2) is 0 Å². The number of halogens is 2. The molecule has 0 saturated heterocycles. The van der Waals surface area contributed by atoms with Crippen molar-refractivity contribution in [2.24, 2.45) is 0 Å². The van der Waals surface area contributed by atoms with Gasteiger partial charge in [-0.25, -0.2) is 8.78 Å². The molecule has 12 aromatic carbocycles. The Balaban J connectivity index is 1.01. The molecule has 2 aliphatic rings. The summed E-state index contributed by atoms with van der Waals surface area (Å²) < 4.78 is 32.1. The molecule has 0 aliphatic heterocycles. The zero-order valence-corrected chi connectivity index (χ0v) is 46.9. The van der Waals surface area contributed by atoms with E-state index < -0.39 is 10.8 Å². The molecule has 0 fully saturated rings. The number of hydrogen-bond acceptors (Lipinski definition) is 2. The highest BCUT2D eigenvalue weighted by molar-refractivity contribution is 6.17. The van der Waals surface area contributed by atoms with E-state index in [0.29, 0.717) is 0 Å². The molecule has 12 aromatic rings. The van der Waals surface area contributed by atoms with Crippen LogP contribution in [0.5, 0.6) is 0 Å². The lowest BCUT2D eigenvalue weighted by Crippen LogP contribution is -2.17. The van der Waals surface area contributed by atoms with E-state index in [4.69, 9.17) is 0 Å². The summed E-state index contributed by atoms with van der Waals surface area (Å²) in [6.07, 6.45) is 0. The van der Waals surface area contributed by atoms with Crippen LogP contribution in [0.25, 0.3) is 77.5 Å². The van der Waals surface area contributed by atoms with Crippen molar-refractivity contribution < 1.29 is 8.78 Å². The van der Waals surface area contributed by atoms with E-state index in [9.17, 15) is 0 Å². The Hall–Kier alpha value is -9.64. The molecule has 2 aliphatic carbocycles. The van der Waals surface area contributed by atoms with Crippen molar-refractivity contribution in [3.8, 4) is 66.8 Å². The highest BCUT2D eigenvalue weighted by Crippen LogP contribution is 2.61. The molecule has 396 valence electrons. The van der Waals surface area contributed by atoms with Gasteiger partial charge in [0, 0.05) is 44.7 Å². The molecular formula is C78H60F2N2. The molecule has 0 heterocycles. The van der Waals surface area contributed by atoms with E-state index in [0.717, 1.165) is 123 Å². The maximum atomic E-state index is 16.0. The van der Waals surface area contributed by atoms with Gasteiger partial charge in [-0.15, -0.1) is 0 Å². The molecular weight excluding hydrogens is 1000 g/mol. The third-order valence-electron chi connectivity index (χ3n) is 17.5. The summed E-state index contributed by atoms with van der Waals surface area (Å²) in [6, 6.07) is 88.7. The lowest BCUT2D eigenvalue weighted by molar-refractivity contribution is 0.628. The number of hydrogen-bond donors (Lipinski definition) is 0. The van der Waals surface area contributed by atoms with Crippen LogP contribution in [0.3, 0.4) is 0 Å². The predicted octanol–water partition coefficient (Wildman–Crippen LogP) is 22.0. The van der Waals surface area contributed by atoms with Crippen molar-refractivity contribution in [1.82, 2.24) is 0 Å². The zero-order valence-electron chi connectivity index (χ0n) is 46.9. The second-order valence-corrected chi connectivity index (χ2v) is 23.3. The molecule has 0 N–H and O–H groups in total. The normalized spacial score (nSPS) is 13.3. The van der Waals surface area contributed by atoms with Crippen molar-refractivity contribution in [1.29, 1.82) is 0 Å². The Morgan fingerprint density at radius 1 is 0.280 bits per heavy atom. The van der Waals surface area contributed by atoms with Crippen LogP contribution in [0.4, 0.5) is 42.9 Å². The van der Waals surface area contributed by atoms with Gasteiger partial charge in [-0.2, -0.15) is 0 Å². The number of benzene rings is 12. The number of aryl methyl sites for hydroxylation is 2. The smallest absolute Gasteiger partial charge is 0.123 e. The monoisotopic (exact) mass is 1060 g/mol. The van der Waals surface area contributed by atoms with Crippen molar-refractivity contribution >= 4 is 44.9 Å². The Morgan fingerprint density at radius 2 is 0.634 bits per heavy atom. The molecule has 0 bridgehead atoms. The molecule has 14 rings (SSSR count). The van der Waals surface area contributed by atoms with E-state index in [1.807, 2.05) is 24.3 Å². The number of rotatable bonds is 10. The van der Waals surface area contributed by atoms with E-state index in [2.05, 4.69) is 258 Å². The highest BCUT2D eigenvalue weighted by atomic mass is 19.1. The van der Waals surface area contributed by atoms with Gasteiger partial charge >= 0.3 is 0 Å². The van der Waals surface area contributed by atoms with Crippen LogP contribution >= 0.6 is 0 Å². The fourth-order valence-electron chi connectivity index (χ4n) is 13.4. The number of fused-ring (bicyclic) bond motifs is 7. The quantitative estimate of drug-likeness (QED) is 0.135. The standard InChI is InChI=1S/C78H60F2N2/c1-49-31-35-57(36-32-49)81(71-29-15-13-27-61(71)51-19-9-7-10-20-51)59-39-41-63-67(45-59)77(3,4)69-47-65-66(73(75(63)69)53-23-17-25-55(79)43-53)48-70-76(74(65)54-24-18-26-56(80)44-54)64-42-40-60(46-68(64)78(70,5)6)82(58-37-33-50(2)34-38-58)72-30-16-14-28-62(72)52-21-11-8-12-22-52/h7-48H,1-6H3. The summed E-state index contributed by atoms with van der Waals surface area (Å²) in [6.45, 7) is 13.5. The van der Waals surface area contributed by atoms with Crippen molar-refractivity contribution in [3.63, 3.8) is 0 Å². The molecule has 82 heavy (non-hydrogen) atoms. The van der Waals surface area contributed by atoms with Crippen molar-refractivity contribution in [2.45, 2.75) is 52.4 Å². The van der Waals surface area contributed by atoms with E-state index in [1.54, 1.807) is 12.1 Å². The third kappa shape index (κ3) is 8.27. The number of para-hydroxylation sites is 2. The molecule has 4 heteroatoms. The van der Waals surface area contributed by atoms with Crippen LogP contribution in [-0.2, 0) is 10.8 Å². The van der Waals surface area contributed by atoms with Gasteiger partial charge in [0.2, 0.25) is 0 Å². The fourth-order valence-corrected chi connectivity index (χ4v) is 13.4.